The van der Waals surface area contributed by atoms with Crippen LogP contribution in [0.4, 0.5) is 4.39 Å². The van der Waals surface area contributed by atoms with Crippen LogP contribution in [0.3, 0.4) is 0 Å². The Balaban J connectivity index is 3.13. The Kier molecular flexibility index (Phi) is 5.64. The lowest BCUT2D eigenvalue weighted by Crippen LogP contribution is -2.39. The van der Waals surface area contributed by atoms with Crippen molar-refractivity contribution in [2.45, 2.75) is 31.6 Å². The molecule has 0 aliphatic rings. The van der Waals surface area contributed by atoms with Crippen LogP contribution in [0.2, 0.25) is 0 Å². The molecule has 0 fully saturated rings. The van der Waals surface area contributed by atoms with E-state index in [2.05, 4.69) is 0 Å². The van der Waals surface area contributed by atoms with Crippen LogP contribution in [0.1, 0.15) is 25.3 Å². The maximum Gasteiger partial charge on any atom is 0.243 e. The summed E-state index contributed by atoms with van der Waals surface area (Å²) in [5.74, 6) is -1.34. The predicted molar refractivity (Wildman–Crippen MR) is 74.0 cm³/mol. The molecule has 1 aromatic rings. The number of primary amides is 1. The van der Waals surface area contributed by atoms with Gasteiger partial charge >= 0.3 is 0 Å². The molecule has 0 aromatic heterocycles. The molecule has 0 aliphatic carbocycles. The number of amides is 1. The number of nitrogens with two attached hydrogens (primary N) is 1. The lowest BCUT2D eigenvalue weighted by Gasteiger charge is -2.20. The van der Waals surface area contributed by atoms with Crippen LogP contribution in [0.5, 0.6) is 0 Å². The van der Waals surface area contributed by atoms with E-state index >= 15 is 0 Å². The first-order valence-corrected chi connectivity index (χ1v) is 7.77. The molecule has 0 radical (unpaired) electrons. The second kappa shape index (κ2) is 6.81. The highest BCUT2D eigenvalue weighted by atomic mass is 32.2. The van der Waals surface area contributed by atoms with Gasteiger partial charge in [-0.3, -0.25) is 4.79 Å². The molecule has 2 N–H and O–H groups in total. The van der Waals surface area contributed by atoms with Crippen LogP contribution < -0.4 is 5.73 Å². The number of hydrogen-bond donors (Lipinski definition) is 1. The molecule has 1 aromatic carbocycles. The van der Waals surface area contributed by atoms with Crippen molar-refractivity contribution in [3.05, 3.63) is 29.6 Å². The number of sulfonamides is 1. The SMILES string of the molecule is CCCCN(CC(N)=O)S(=O)(=O)c1ccc(C)c(F)c1. The van der Waals surface area contributed by atoms with Gasteiger partial charge in [0.1, 0.15) is 5.82 Å². The fourth-order valence-corrected chi connectivity index (χ4v) is 3.13. The summed E-state index contributed by atoms with van der Waals surface area (Å²) in [7, 11) is -3.92. The predicted octanol–water partition coefficient (Wildman–Crippen LogP) is 1.41. The lowest BCUT2D eigenvalue weighted by atomic mass is 10.2. The Morgan fingerprint density at radius 2 is 2.05 bits per heavy atom. The molecule has 0 saturated heterocycles. The number of unbranched alkanes of at least 4 members (excludes halogenated alkanes) is 1. The van der Waals surface area contributed by atoms with Crippen molar-refractivity contribution in [3.63, 3.8) is 0 Å². The highest BCUT2D eigenvalue weighted by molar-refractivity contribution is 7.89. The summed E-state index contributed by atoms with van der Waals surface area (Å²) in [6.07, 6.45) is 1.37. The zero-order valence-electron chi connectivity index (χ0n) is 11.6. The van der Waals surface area contributed by atoms with E-state index in [1.165, 1.54) is 12.1 Å². The van der Waals surface area contributed by atoms with E-state index in [1.807, 2.05) is 6.92 Å². The van der Waals surface area contributed by atoms with Gasteiger partial charge in [-0.15, -0.1) is 0 Å². The van der Waals surface area contributed by atoms with Gasteiger partial charge in [-0.2, -0.15) is 4.31 Å². The topological polar surface area (TPSA) is 80.5 Å². The van der Waals surface area contributed by atoms with Crippen molar-refractivity contribution >= 4 is 15.9 Å². The van der Waals surface area contributed by atoms with Gasteiger partial charge in [0.15, 0.2) is 0 Å². The fourth-order valence-electron chi connectivity index (χ4n) is 1.68. The van der Waals surface area contributed by atoms with Crippen LogP contribution in [0.25, 0.3) is 0 Å². The first-order chi connectivity index (χ1) is 9.28. The Hall–Kier alpha value is -1.47. The number of carbonyl (C=O) groups excluding carboxylic acids is 1. The zero-order chi connectivity index (χ0) is 15.3. The summed E-state index contributed by atoms with van der Waals surface area (Å²) in [5.41, 5.74) is 5.43. The van der Waals surface area contributed by atoms with Gasteiger partial charge in [0.25, 0.3) is 0 Å². The Morgan fingerprint density at radius 3 is 2.55 bits per heavy atom. The van der Waals surface area contributed by atoms with Crippen molar-refractivity contribution < 1.29 is 17.6 Å². The lowest BCUT2D eigenvalue weighted by molar-refractivity contribution is -0.118. The standard InChI is InChI=1S/C13H19FN2O3S/c1-3-4-7-16(9-13(15)17)20(18,19)11-6-5-10(2)12(14)8-11/h5-6,8H,3-4,7,9H2,1-2H3,(H2,15,17). The molecule has 112 valence electrons. The monoisotopic (exact) mass is 302 g/mol. The molecule has 0 saturated carbocycles. The molecule has 1 rings (SSSR count). The number of nitrogens with zero attached hydrogens (tertiary/aromatic N) is 1. The average Bonchev–Trinajstić information content (AvgIpc) is 2.37. The van der Waals surface area contributed by atoms with Crippen LogP contribution in [0, 0.1) is 12.7 Å². The molecule has 0 spiro atoms. The quantitative estimate of drug-likeness (QED) is 0.827. The maximum atomic E-state index is 13.5. The summed E-state index contributed by atoms with van der Waals surface area (Å²) in [6.45, 7) is 3.22. The average molecular weight is 302 g/mol. The van der Waals surface area contributed by atoms with Gasteiger partial charge in [0.05, 0.1) is 11.4 Å². The van der Waals surface area contributed by atoms with E-state index in [1.54, 1.807) is 6.92 Å². The number of halogens is 1. The molecule has 0 atom stereocenters. The number of benzene rings is 1. The smallest absolute Gasteiger partial charge is 0.243 e. The number of rotatable bonds is 7. The first kappa shape index (κ1) is 16.6. The summed E-state index contributed by atoms with van der Waals surface area (Å²) in [5, 5.41) is 0. The third kappa shape index (κ3) is 4.01. The minimum atomic E-state index is -3.92. The largest absolute Gasteiger partial charge is 0.369 e. The van der Waals surface area contributed by atoms with Crippen LogP contribution in [0.15, 0.2) is 23.1 Å². The third-order valence-electron chi connectivity index (χ3n) is 2.87. The molecule has 20 heavy (non-hydrogen) atoms. The molecule has 7 heteroatoms. The Labute approximate surface area is 118 Å². The van der Waals surface area contributed by atoms with E-state index in [-0.39, 0.29) is 11.4 Å². The van der Waals surface area contributed by atoms with Crippen molar-refractivity contribution in [2.75, 3.05) is 13.1 Å². The Morgan fingerprint density at radius 1 is 1.40 bits per heavy atom. The molecule has 0 heterocycles. The fraction of sp³-hybridized carbons (Fsp3) is 0.462. The number of hydrogen-bond acceptors (Lipinski definition) is 3. The van der Waals surface area contributed by atoms with Gasteiger partial charge in [-0.25, -0.2) is 12.8 Å². The normalized spacial score (nSPS) is 11.8. The maximum absolute atomic E-state index is 13.5. The Bertz CT molecular complexity index is 587. The molecule has 0 bridgehead atoms. The zero-order valence-corrected chi connectivity index (χ0v) is 12.4. The van der Waals surface area contributed by atoms with Crippen LogP contribution >= 0.6 is 0 Å². The molecule has 5 nitrogen and oxygen atoms in total. The third-order valence-corrected chi connectivity index (χ3v) is 4.72. The first-order valence-electron chi connectivity index (χ1n) is 6.33. The summed E-state index contributed by atoms with van der Waals surface area (Å²) in [4.78, 5) is 10.8. The van der Waals surface area contributed by atoms with Crippen LogP contribution in [-0.4, -0.2) is 31.7 Å². The minimum Gasteiger partial charge on any atom is -0.369 e. The number of aryl methyl sites for hydroxylation is 1. The molecular weight excluding hydrogens is 283 g/mol. The van der Waals surface area contributed by atoms with Gasteiger partial charge in [0.2, 0.25) is 15.9 Å². The van der Waals surface area contributed by atoms with E-state index < -0.39 is 28.3 Å². The van der Waals surface area contributed by atoms with E-state index in [9.17, 15) is 17.6 Å². The van der Waals surface area contributed by atoms with E-state index in [0.717, 1.165) is 16.8 Å². The number of carbonyl (C=O) groups is 1. The molecule has 0 unspecified atom stereocenters. The minimum absolute atomic E-state index is 0.169. The van der Waals surface area contributed by atoms with Crippen molar-refractivity contribution in [3.8, 4) is 0 Å². The summed E-state index contributed by atoms with van der Waals surface area (Å²) < 4.78 is 39.3. The summed E-state index contributed by atoms with van der Waals surface area (Å²) >= 11 is 0. The second-order valence-corrected chi connectivity index (χ2v) is 6.51. The van der Waals surface area contributed by atoms with Gasteiger partial charge in [0, 0.05) is 6.54 Å². The van der Waals surface area contributed by atoms with Crippen molar-refractivity contribution in [2.24, 2.45) is 5.73 Å². The van der Waals surface area contributed by atoms with Gasteiger partial charge < -0.3 is 5.73 Å². The molecular formula is C13H19FN2O3S. The van der Waals surface area contributed by atoms with Gasteiger partial charge in [-0.1, -0.05) is 19.4 Å². The summed E-state index contributed by atoms with van der Waals surface area (Å²) in [6, 6.07) is 3.68. The molecule has 0 aliphatic heterocycles. The second-order valence-electron chi connectivity index (χ2n) is 4.57. The van der Waals surface area contributed by atoms with Crippen LogP contribution in [-0.2, 0) is 14.8 Å². The van der Waals surface area contributed by atoms with E-state index in [0.29, 0.717) is 12.0 Å². The van der Waals surface area contributed by atoms with Gasteiger partial charge in [-0.05, 0) is 31.0 Å². The highest BCUT2D eigenvalue weighted by Gasteiger charge is 2.26. The van der Waals surface area contributed by atoms with Crippen molar-refractivity contribution in [1.29, 1.82) is 0 Å². The van der Waals surface area contributed by atoms with E-state index in [4.69, 9.17) is 5.73 Å². The highest BCUT2D eigenvalue weighted by Crippen LogP contribution is 2.19. The van der Waals surface area contributed by atoms with Crippen molar-refractivity contribution in [1.82, 2.24) is 4.31 Å². The molecule has 1 amide bonds.